The van der Waals surface area contributed by atoms with E-state index < -0.39 is 15.7 Å². The number of benzene rings is 2. The molecule has 4 N–H and O–H groups in total. The molecule has 13 heteroatoms. The number of anilines is 2. The third-order valence-corrected chi connectivity index (χ3v) is 5.70. The summed E-state index contributed by atoms with van der Waals surface area (Å²) in [5, 5.41) is 24.2. The van der Waals surface area contributed by atoms with Gasteiger partial charge in [0.25, 0.3) is 0 Å². The van der Waals surface area contributed by atoms with Crippen LogP contribution in [0.2, 0.25) is 0 Å². The number of aromatic amines is 1. The molecule has 0 spiro atoms. The van der Waals surface area contributed by atoms with E-state index in [4.69, 9.17) is 14.6 Å². The number of sulfonamides is 1. The first-order valence-electron chi connectivity index (χ1n) is 9.30. The molecule has 0 amide bonds. The predicted molar refractivity (Wildman–Crippen MR) is 118 cm³/mol. The molecule has 2 aromatic heterocycles. The van der Waals surface area contributed by atoms with Crippen LogP contribution >= 0.6 is 0 Å². The van der Waals surface area contributed by atoms with E-state index in [1.54, 1.807) is 18.2 Å². The van der Waals surface area contributed by atoms with Crippen molar-refractivity contribution in [3.05, 3.63) is 58.5 Å². The Balaban J connectivity index is 1.90. The number of methoxy groups -OCH3 is 2. The topological polar surface area (TPSA) is 177 Å². The lowest BCUT2D eigenvalue weighted by atomic mass is 10.1. The summed E-state index contributed by atoms with van der Waals surface area (Å²) in [4.78, 5) is 16.8. The first kappa shape index (κ1) is 21.8. The molecule has 2 aromatic carbocycles. The number of nitriles is 1. The third kappa shape index (κ3) is 3.95. The molecule has 0 saturated heterocycles. The Hall–Kier alpha value is -4.41. The fourth-order valence-electron chi connectivity index (χ4n) is 3.22. The van der Waals surface area contributed by atoms with Crippen LogP contribution < -0.4 is 25.6 Å². The molecule has 0 aliphatic rings. The van der Waals surface area contributed by atoms with Crippen molar-refractivity contribution < 1.29 is 17.9 Å². The Morgan fingerprint density at radius 1 is 1.12 bits per heavy atom. The maximum absolute atomic E-state index is 12.4. The lowest BCUT2D eigenvalue weighted by Gasteiger charge is -2.13. The molecule has 2 heterocycles. The fraction of sp³-hybridized carbons (Fsp3) is 0.100. The van der Waals surface area contributed by atoms with Crippen LogP contribution in [0.1, 0.15) is 5.56 Å². The van der Waals surface area contributed by atoms with E-state index in [-0.39, 0.29) is 27.7 Å². The number of rotatable bonds is 6. The zero-order valence-electron chi connectivity index (χ0n) is 17.4. The van der Waals surface area contributed by atoms with Gasteiger partial charge in [0.1, 0.15) is 11.6 Å². The molecule has 0 unspecified atom stereocenters. The molecular formula is C20H17N7O5S. The molecule has 33 heavy (non-hydrogen) atoms. The Labute approximate surface area is 187 Å². The Kier molecular flexibility index (Phi) is 5.46. The average molecular weight is 467 g/mol. The molecule has 0 fully saturated rings. The molecule has 0 aliphatic carbocycles. The SMILES string of the molecule is COc1ccc(-c2nc(Nc3ccc(S(N)(=O)=O)cc3)n3c(=O)[nH]nc3c2C#N)cc1OC. The summed E-state index contributed by atoms with van der Waals surface area (Å²) in [5.41, 5.74) is 0.703. The lowest BCUT2D eigenvalue weighted by molar-refractivity contribution is 0.355. The molecule has 0 aliphatic heterocycles. The highest BCUT2D eigenvalue weighted by Gasteiger charge is 2.20. The monoisotopic (exact) mass is 467 g/mol. The van der Waals surface area contributed by atoms with Gasteiger partial charge in [0.05, 0.1) is 24.8 Å². The molecule has 0 bridgehead atoms. The van der Waals surface area contributed by atoms with Gasteiger partial charge in [-0.2, -0.15) is 10.4 Å². The quantitative estimate of drug-likeness (QED) is 0.378. The average Bonchev–Trinajstić information content (AvgIpc) is 3.20. The summed E-state index contributed by atoms with van der Waals surface area (Å²) in [6.07, 6.45) is 0. The second-order valence-electron chi connectivity index (χ2n) is 6.72. The van der Waals surface area contributed by atoms with Crippen molar-refractivity contribution in [2.75, 3.05) is 19.5 Å². The molecule has 168 valence electrons. The van der Waals surface area contributed by atoms with Crippen molar-refractivity contribution >= 4 is 27.3 Å². The van der Waals surface area contributed by atoms with Gasteiger partial charge in [-0.25, -0.2) is 32.8 Å². The molecule has 4 rings (SSSR count). The van der Waals surface area contributed by atoms with Crippen molar-refractivity contribution in [1.29, 1.82) is 5.26 Å². The van der Waals surface area contributed by atoms with Crippen LogP contribution in [0.15, 0.2) is 52.2 Å². The number of nitrogens with one attached hydrogen (secondary N) is 2. The number of hydrogen-bond donors (Lipinski definition) is 3. The normalized spacial score (nSPS) is 11.2. The highest BCUT2D eigenvalue weighted by molar-refractivity contribution is 7.89. The number of H-pyrrole nitrogens is 1. The standard InChI is InChI=1S/C20H17N7O5S/c1-31-15-8-3-11(9-16(15)32-2)17-14(10-21)18-25-26-20(28)27(18)19(24-17)23-12-4-6-13(7-5-12)33(22,29)30/h3-9H,1-2H3,(H,23,24)(H,26,28)(H2,22,29,30). The maximum atomic E-state index is 12.4. The summed E-state index contributed by atoms with van der Waals surface area (Å²) in [5.74, 6) is 0.967. The van der Waals surface area contributed by atoms with Crippen LogP contribution in [0.3, 0.4) is 0 Å². The zero-order valence-corrected chi connectivity index (χ0v) is 18.2. The number of nitrogens with two attached hydrogens (primary N) is 1. The van der Waals surface area contributed by atoms with Crippen LogP contribution in [0.4, 0.5) is 11.6 Å². The number of fused-ring (bicyclic) bond motifs is 1. The van der Waals surface area contributed by atoms with Gasteiger partial charge >= 0.3 is 5.69 Å². The van der Waals surface area contributed by atoms with E-state index in [9.17, 15) is 18.5 Å². The molecule has 0 atom stereocenters. The summed E-state index contributed by atoms with van der Waals surface area (Å²) < 4.78 is 34.7. The van der Waals surface area contributed by atoms with Crippen LogP contribution in [0, 0.1) is 11.3 Å². The number of ether oxygens (including phenoxy) is 2. The second-order valence-corrected chi connectivity index (χ2v) is 8.28. The molecule has 0 saturated carbocycles. The first-order valence-corrected chi connectivity index (χ1v) is 10.8. The molecular weight excluding hydrogens is 450 g/mol. The van der Waals surface area contributed by atoms with Crippen LogP contribution in [-0.2, 0) is 10.0 Å². The minimum Gasteiger partial charge on any atom is -0.493 e. The second kappa shape index (κ2) is 8.26. The van der Waals surface area contributed by atoms with Gasteiger partial charge in [0.2, 0.25) is 16.0 Å². The van der Waals surface area contributed by atoms with E-state index in [1.807, 2.05) is 6.07 Å². The number of nitrogens with zero attached hydrogens (tertiary/aromatic N) is 4. The number of aromatic nitrogens is 4. The number of hydrogen-bond acceptors (Lipinski definition) is 9. The van der Waals surface area contributed by atoms with Gasteiger partial charge in [0.15, 0.2) is 17.1 Å². The minimum absolute atomic E-state index is 0.0518. The van der Waals surface area contributed by atoms with E-state index in [0.717, 1.165) is 4.40 Å². The van der Waals surface area contributed by atoms with E-state index in [1.165, 1.54) is 38.5 Å². The van der Waals surface area contributed by atoms with E-state index >= 15 is 0 Å². The van der Waals surface area contributed by atoms with Gasteiger partial charge in [-0.05, 0) is 42.5 Å². The van der Waals surface area contributed by atoms with Crippen LogP contribution in [0.25, 0.3) is 16.9 Å². The molecule has 0 radical (unpaired) electrons. The van der Waals surface area contributed by atoms with Crippen molar-refractivity contribution in [1.82, 2.24) is 19.6 Å². The highest BCUT2D eigenvalue weighted by Crippen LogP contribution is 2.34. The smallest absolute Gasteiger partial charge is 0.350 e. The minimum atomic E-state index is -3.86. The van der Waals surface area contributed by atoms with Crippen molar-refractivity contribution in [3.8, 4) is 28.8 Å². The van der Waals surface area contributed by atoms with Gasteiger partial charge in [0, 0.05) is 11.3 Å². The van der Waals surface area contributed by atoms with Gasteiger partial charge < -0.3 is 14.8 Å². The van der Waals surface area contributed by atoms with Gasteiger partial charge in [-0.15, -0.1) is 0 Å². The predicted octanol–water partition coefficient (Wildman–Crippen LogP) is 1.36. The Morgan fingerprint density at radius 3 is 2.42 bits per heavy atom. The summed E-state index contributed by atoms with van der Waals surface area (Å²) in [6.45, 7) is 0. The van der Waals surface area contributed by atoms with Crippen LogP contribution in [-0.4, -0.2) is 42.2 Å². The summed E-state index contributed by atoms with van der Waals surface area (Å²) >= 11 is 0. The first-order chi connectivity index (χ1) is 15.8. The summed E-state index contributed by atoms with van der Waals surface area (Å²) in [6, 6.07) is 12.6. The van der Waals surface area contributed by atoms with Crippen LogP contribution in [0.5, 0.6) is 11.5 Å². The maximum Gasteiger partial charge on any atom is 0.350 e. The van der Waals surface area contributed by atoms with Crippen molar-refractivity contribution in [2.24, 2.45) is 5.14 Å². The van der Waals surface area contributed by atoms with Crippen molar-refractivity contribution in [2.45, 2.75) is 4.90 Å². The van der Waals surface area contributed by atoms with E-state index in [2.05, 4.69) is 20.5 Å². The molecule has 4 aromatic rings. The van der Waals surface area contributed by atoms with Gasteiger partial charge in [-0.1, -0.05) is 0 Å². The van der Waals surface area contributed by atoms with Crippen molar-refractivity contribution in [3.63, 3.8) is 0 Å². The summed E-state index contributed by atoms with van der Waals surface area (Å²) in [7, 11) is -0.878. The third-order valence-electron chi connectivity index (χ3n) is 4.77. The highest BCUT2D eigenvalue weighted by atomic mass is 32.2. The Morgan fingerprint density at radius 2 is 1.82 bits per heavy atom. The molecule has 12 nitrogen and oxygen atoms in total. The lowest BCUT2D eigenvalue weighted by Crippen LogP contribution is -2.16. The fourth-order valence-corrected chi connectivity index (χ4v) is 3.73. The van der Waals surface area contributed by atoms with E-state index in [0.29, 0.717) is 22.7 Å². The zero-order chi connectivity index (χ0) is 23.8. The largest absolute Gasteiger partial charge is 0.493 e. The van der Waals surface area contributed by atoms with Gasteiger partial charge in [-0.3, -0.25) is 0 Å². The number of primary sulfonamides is 1. The Bertz CT molecular complexity index is 1570.